The molecule has 0 radical (unpaired) electrons. The number of rotatable bonds is 5. The lowest BCUT2D eigenvalue weighted by molar-refractivity contribution is -0.113. The standard InChI is InChI=1S/C12H17BrN2OS/c1-8(2)6-17-7-12(16)15-11-4-3-9(14)5-10(11)13/h3-5,8H,6-7,14H2,1-2H3,(H,15,16). The Morgan fingerprint density at radius 3 is 2.82 bits per heavy atom. The van der Waals surface area contributed by atoms with Crippen molar-refractivity contribution in [2.24, 2.45) is 5.92 Å². The number of hydrogen-bond donors (Lipinski definition) is 2. The number of carbonyl (C=O) groups excluding carboxylic acids is 1. The van der Waals surface area contributed by atoms with Gasteiger partial charge in [0.05, 0.1) is 11.4 Å². The molecule has 0 spiro atoms. The van der Waals surface area contributed by atoms with Gasteiger partial charge in [-0.15, -0.1) is 0 Å². The van der Waals surface area contributed by atoms with Crippen LogP contribution in [0.5, 0.6) is 0 Å². The molecule has 1 aromatic rings. The zero-order chi connectivity index (χ0) is 12.8. The first-order valence-corrected chi connectivity index (χ1v) is 7.36. The van der Waals surface area contributed by atoms with E-state index in [2.05, 4.69) is 35.1 Å². The molecule has 1 aromatic carbocycles. The highest BCUT2D eigenvalue weighted by Gasteiger charge is 2.06. The molecule has 0 aliphatic rings. The molecule has 94 valence electrons. The van der Waals surface area contributed by atoms with Crippen molar-refractivity contribution in [2.45, 2.75) is 13.8 Å². The summed E-state index contributed by atoms with van der Waals surface area (Å²) in [7, 11) is 0. The van der Waals surface area contributed by atoms with E-state index in [-0.39, 0.29) is 5.91 Å². The lowest BCUT2D eigenvalue weighted by atomic mass is 10.3. The van der Waals surface area contributed by atoms with E-state index in [0.717, 1.165) is 15.9 Å². The number of carbonyl (C=O) groups is 1. The monoisotopic (exact) mass is 316 g/mol. The van der Waals surface area contributed by atoms with E-state index in [9.17, 15) is 4.79 Å². The van der Waals surface area contributed by atoms with Gasteiger partial charge in [0.1, 0.15) is 0 Å². The summed E-state index contributed by atoms with van der Waals surface area (Å²) in [6.07, 6.45) is 0. The van der Waals surface area contributed by atoms with Crippen molar-refractivity contribution in [1.82, 2.24) is 0 Å². The zero-order valence-electron chi connectivity index (χ0n) is 10.00. The van der Waals surface area contributed by atoms with Gasteiger partial charge in [-0.1, -0.05) is 13.8 Å². The van der Waals surface area contributed by atoms with Crippen LogP contribution in [0.25, 0.3) is 0 Å². The fraction of sp³-hybridized carbons (Fsp3) is 0.417. The summed E-state index contributed by atoms with van der Waals surface area (Å²) in [5.74, 6) is 2.10. The molecule has 0 aliphatic heterocycles. The Hall–Kier alpha value is -0.680. The number of nitrogen functional groups attached to an aromatic ring is 1. The Bertz CT molecular complexity index is 396. The van der Waals surface area contributed by atoms with Gasteiger partial charge in [0.2, 0.25) is 5.91 Å². The number of amides is 1. The van der Waals surface area contributed by atoms with Gasteiger partial charge in [-0.25, -0.2) is 0 Å². The van der Waals surface area contributed by atoms with E-state index in [1.807, 2.05) is 0 Å². The molecule has 5 heteroatoms. The number of nitrogens with two attached hydrogens (primary N) is 1. The van der Waals surface area contributed by atoms with Crippen molar-refractivity contribution in [3.05, 3.63) is 22.7 Å². The molecule has 17 heavy (non-hydrogen) atoms. The third-order valence-corrected chi connectivity index (χ3v) is 3.98. The minimum absolute atomic E-state index is 0.0149. The lowest BCUT2D eigenvalue weighted by Crippen LogP contribution is -2.15. The average Bonchev–Trinajstić information content (AvgIpc) is 2.21. The molecule has 0 saturated heterocycles. The maximum absolute atomic E-state index is 11.6. The number of thioether (sulfide) groups is 1. The van der Waals surface area contributed by atoms with Crippen LogP contribution < -0.4 is 11.1 Å². The van der Waals surface area contributed by atoms with Crippen LogP contribution in [0.15, 0.2) is 22.7 Å². The summed E-state index contributed by atoms with van der Waals surface area (Å²) in [5, 5.41) is 2.85. The van der Waals surface area contributed by atoms with Gasteiger partial charge in [-0.05, 0) is 45.8 Å². The van der Waals surface area contributed by atoms with E-state index in [1.54, 1.807) is 30.0 Å². The van der Waals surface area contributed by atoms with Crippen LogP contribution in [0.1, 0.15) is 13.8 Å². The molecule has 0 aromatic heterocycles. The normalized spacial score (nSPS) is 10.6. The van der Waals surface area contributed by atoms with Crippen molar-refractivity contribution in [3.8, 4) is 0 Å². The van der Waals surface area contributed by atoms with Crippen LogP contribution in [0, 0.1) is 5.92 Å². The number of hydrogen-bond acceptors (Lipinski definition) is 3. The van der Waals surface area contributed by atoms with Crippen molar-refractivity contribution >= 4 is 45.0 Å². The molecule has 3 nitrogen and oxygen atoms in total. The fourth-order valence-corrected chi connectivity index (χ4v) is 2.55. The Morgan fingerprint density at radius 1 is 1.53 bits per heavy atom. The van der Waals surface area contributed by atoms with Crippen LogP contribution in [0.2, 0.25) is 0 Å². The SMILES string of the molecule is CC(C)CSCC(=O)Nc1ccc(N)cc1Br. The predicted molar refractivity (Wildman–Crippen MR) is 79.3 cm³/mol. The topological polar surface area (TPSA) is 55.1 Å². The van der Waals surface area contributed by atoms with Gasteiger partial charge in [0, 0.05) is 10.2 Å². The lowest BCUT2D eigenvalue weighted by Gasteiger charge is -2.08. The predicted octanol–water partition coefficient (Wildman–Crippen LogP) is 3.36. The number of halogens is 1. The van der Waals surface area contributed by atoms with Gasteiger partial charge in [-0.2, -0.15) is 11.8 Å². The van der Waals surface area contributed by atoms with Gasteiger partial charge in [0.25, 0.3) is 0 Å². The van der Waals surface area contributed by atoms with E-state index >= 15 is 0 Å². The molecular weight excluding hydrogens is 300 g/mol. The average molecular weight is 317 g/mol. The van der Waals surface area contributed by atoms with E-state index < -0.39 is 0 Å². The molecular formula is C12H17BrN2OS. The van der Waals surface area contributed by atoms with Gasteiger partial charge in [0.15, 0.2) is 0 Å². The van der Waals surface area contributed by atoms with Gasteiger partial charge in [-0.3, -0.25) is 4.79 Å². The summed E-state index contributed by atoms with van der Waals surface area (Å²) in [4.78, 5) is 11.6. The van der Waals surface area contributed by atoms with Crippen molar-refractivity contribution in [3.63, 3.8) is 0 Å². The Balaban J connectivity index is 2.45. The largest absolute Gasteiger partial charge is 0.399 e. The molecule has 3 N–H and O–H groups in total. The number of benzene rings is 1. The molecule has 1 amide bonds. The molecule has 1 rings (SSSR count). The molecule has 0 unspecified atom stereocenters. The van der Waals surface area contributed by atoms with E-state index in [1.165, 1.54) is 0 Å². The first-order chi connectivity index (χ1) is 7.99. The first kappa shape index (κ1) is 14.4. The highest BCUT2D eigenvalue weighted by atomic mass is 79.9. The minimum Gasteiger partial charge on any atom is -0.399 e. The van der Waals surface area contributed by atoms with Crippen molar-refractivity contribution in [2.75, 3.05) is 22.6 Å². The second-order valence-electron chi connectivity index (χ2n) is 4.20. The second-order valence-corrected chi connectivity index (χ2v) is 6.08. The third-order valence-electron chi connectivity index (χ3n) is 1.95. The number of anilines is 2. The van der Waals surface area contributed by atoms with Crippen LogP contribution in [-0.4, -0.2) is 17.4 Å². The molecule has 0 bridgehead atoms. The van der Waals surface area contributed by atoms with Crippen LogP contribution in [0.4, 0.5) is 11.4 Å². The molecule has 0 aliphatic carbocycles. The van der Waals surface area contributed by atoms with E-state index in [0.29, 0.717) is 17.4 Å². The third kappa shape index (κ3) is 5.46. The first-order valence-electron chi connectivity index (χ1n) is 5.41. The van der Waals surface area contributed by atoms with Crippen molar-refractivity contribution < 1.29 is 4.79 Å². The van der Waals surface area contributed by atoms with Crippen LogP contribution in [-0.2, 0) is 4.79 Å². The summed E-state index contributed by atoms with van der Waals surface area (Å²) < 4.78 is 0.805. The highest BCUT2D eigenvalue weighted by Crippen LogP contribution is 2.24. The maximum Gasteiger partial charge on any atom is 0.234 e. The summed E-state index contributed by atoms with van der Waals surface area (Å²) in [6.45, 7) is 4.28. The number of nitrogens with one attached hydrogen (secondary N) is 1. The summed E-state index contributed by atoms with van der Waals surface area (Å²) in [6, 6.07) is 5.34. The quantitative estimate of drug-likeness (QED) is 0.819. The maximum atomic E-state index is 11.6. The van der Waals surface area contributed by atoms with Crippen LogP contribution in [0.3, 0.4) is 0 Å². The van der Waals surface area contributed by atoms with Gasteiger partial charge < -0.3 is 11.1 Å². The molecule has 0 heterocycles. The second kappa shape index (κ2) is 6.91. The minimum atomic E-state index is 0.0149. The summed E-state index contributed by atoms with van der Waals surface area (Å²) >= 11 is 5.01. The highest BCUT2D eigenvalue weighted by molar-refractivity contribution is 9.10. The van der Waals surface area contributed by atoms with Crippen LogP contribution >= 0.6 is 27.7 Å². The van der Waals surface area contributed by atoms with Gasteiger partial charge >= 0.3 is 0 Å². The smallest absolute Gasteiger partial charge is 0.234 e. The molecule has 0 saturated carbocycles. The zero-order valence-corrected chi connectivity index (χ0v) is 12.4. The Morgan fingerprint density at radius 2 is 2.24 bits per heavy atom. The molecule has 0 fully saturated rings. The Labute approximate surface area is 115 Å². The fourth-order valence-electron chi connectivity index (χ4n) is 1.21. The van der Waals surface area contributed by atoms with Crippen molar-refractivity contribution in [1.29, 1.82) is 0 Å². The Kier molecular flexibility index (Phi) is 5.85. The van der Waals surface area contributed by atoms with E-state index in [4.69, 9.17) is 5.73 Å². The molecule has 0 atom stereocenters. The summed E-state index contributed by atoms with van der Waals surface area (Å²) in [5.41, 5.74) is 7.05.